The van der Waals surface area contributed by atoms with Crippen LogP contribution in [0.25, 0.3) is 0 Å². The van der Waals surface area contributed by atoms with Crippen LogP contribution in [0, 0.1) is 16.0 Å². The Morgan fingerprint density at radius 1 is 1.33 bits per heavy atom. The van der Waals surface area contributed by atoms with Crippen LogP contribution in [0.5, 0.6) is 0 Å². The Morgan fingerprint density at radius 3 is 2.57 bits per heavy atom. The lowest BCUT2D eigenvalue weighted by Crippen LogP contribution is -2.44. The molecular formula is C15H19N3O3. The molecule has 0 spiro atoms. The minimum atomic E-state index is -0.471. The van der Waals surface area contributed by atoms with Gasteiger partial charge in [0.15, 0.2) is 0 Å². The van der Waals surface area contributed by atoms with Crippen molar-refractivity contribution in [3.8, 4) is 0 Å². The summed E-state index contributed by atoms with van der Waals surface area (Å²) in [6.07, 6.45) is 4.40. The van der Waals surface area contributed by atoms with Gasteiger partial charge >= 0.3 is 6.03 Å². The van der Waals surface area contributed by atoms with Crippen LogP contribution in [0.3, 0.4) is 0 Å². The molecule has 0 radical (unpaired) electrons. The molecule has 2 saturated carbocycles. The van der Waals surface area contributed by atoms with Crippen molar-refractivity contribution in [3.63, 3.8) is 0 Å². The van der Waals surface area contributed by atoms with E-state index >= 15 is 0 Å². The van der Waals surface area contributed by atoms with Crippen LogP contribution >= 0.6 is 0 Å². The topological polar surface area (TPSA) is 75.5 Å². The van der Waals surface area contributed by atoms with Crippen molar-refractivity contribution in [2.45, 2.75) is 44.7 Å². The maximum Gasteiger partial charge on any atom is 0.322 e. The van der Waals surface area contributed by atoms with Crippen LogP contribution in [-0.4, -0.2) is 27.9 Å². The molecule has 1 N–H and O–H groups in total. The van der Waals surface area contributed by atoms with Gasteiger partial charge in [-0.1, -0.05) is 12.1 Å². The summed E-state index contributed by atoms with van der Waals surface area (Å²) in [5, 5.41) is 13.7. The molecule has 2 aliphatic carbocycles. The second kappa shape index (κ2) is 5.35. The lowest BCUT2D eigenvalue weighted by Gasteiger charge is -2.29. The Morgan fingerprint density at radius 2 is 2.00 bits per heavy atom. The summed E-state index contributed by atoms with van der Waals surface area (Å²) in [4.78, 5) is 25.0. The average Bonchev–Trinajstić information content (AvgIpc) is 3.31. The SMILES string of the molecule is CC(C1CC1)N(C(=O)Nc1ccccc1[N+](=O)[O-])C1CC1. The summed E-state index contributed by atoms with van der Waals surface area (Å²) in [7, 11) is 0. The van der Waals surface area contributed by atoms with Crippen LogP contribution in [0.4, 0.5) is 16.2 Å². The quantitative estimate of drug-likeness (QED) is 0.666. The first-order valence-corrected chi connectivity index (χ1v) is 7.40. The first-order chi connectivity index (χ1) is 10.1. The van der Waals surface area contributed by atoms with E-state index in [9.17, 15) is 14.9 Å². The van der Waals surface area contributed by atoms with Gasteiger partial charge in [-0.2, -0.15) is 0 Å². The number of nitrogens with one attached hydrogen (secondary N) is 1. The van der Waals surface area contributed by atoms with Crippen LogP contribution in [0.2, 0.25) is 0 Å². The first-order valence-electron chi connectivity index (χ1n) is 7.40. The third-order valence-electron chi connectivity index (χ3n) is 4.26. The molecule has 0 saturated heterocycles. The van der Waals surface area contributed by atoms with E-state index in [0.29, 0.717) is 12.0 Å². The van der Waals surface area contributed by atoms with E-state index in [2.05, 4.69) is 12.2 Å². The van der Waals surface area contributed by atoms with Gasteiger partial charge in [0, 0.05) is 18.2 Å². The van der Waals surface area contributed by atoms with Gasteiger partial charge < -0.3 is 10.2 Å². The fraction of sp³-hybridized carbons (Fsp3) is 0.533. The summed E-state index contributed by atoms with van der Waals surface area (Å²) in [5.74, 6) is 0.585. The zero-order valence-corrected chi connectivity index (χ0v) is 12.0. The lowest BCUT2D eigenvalue weighted by molar-refractivity contribution is -0.383. The van der Waals surface area contributed by atoms with Crippen molar-refractivity contribution in [2.24, 2.45) is 5.92 Å². The Hall–Kier alpha value is -2.11. The molecule has 0 aromatic heterocycles. The smallest absolute Gasteiger partial charge is 0.319 e. The minimum Gasteiger partial charge on any atom is -0.319 e. The largest absolute Gasteiger partial charge is 0.322 e. The van der Waals surface area contributed by atoms with E-state index in [1.54, 1.807) is 18.2 Å². The number of hydrogen-bond acceptors (Lipinski definition) is 3. The minimum absolute atomic E-state index is 0.0688. The van der Waals surface area contributed by atoms with Gasteiger partial charge in [0.05, 0.1) is 4.92 Å². The van der Waals surface area contributed by atoms with Crippen molar-refractivity contribution in [1.82, 2.24) is 4.90 Å². The summed E-state index contributed by atoms with van der Waals surface area (Å²) in [6, 6.07) is 6.55. The number of para-hydroxylation sites is 2. The van der Waals surface area contributed by atoms with Gasteiger partial charge in [-0.3, -0.25) is 10.1 Å². The zero-order valence-electron chi connectivity index (χ0n) is 12.0. The molecule has 6 heteroatoms. The first kappa shape index (κ1) is 13.9. The number of carbonyl (C=O) groups excluding carboxylic acids is 1. The summed E-state index contributed by atoms with van der Waals surface area (Å²) >= 11 is 0. The molecule has 1 unspecified atom stereocenters. The number of hydrogen-bond donors (Lipinski definition) is 1. The van der Waals surface area contributed by atoms with Crippen LogP contribution in [0.15, 0.2) is 24.3 Å². The maximum atomic E-state index is 12.5. The van der Waals surface area contributed by atoms with E-state index in [1.165, 1.54) is 18.9 Å². The molecule has 1 aromatic carbocycles. The van der Waals surface area contributed by atoms with Gasteiger partial charge in [0.25, 0.3) is 5.69 Å². The molecule has 0 bridgehead atoms. The van der Waals surface area contributed by atoms with Gasteiger partial charge in [-0.05, 0) is 44.6 Å². The Bertz CT molecular complexity index is 567. The number of nitro groups is 1. The third kappa shape index (κ3) is 2.99. The summed E-state index contributed by atoms with van der Waals surface area (Å²) < 4.78 is 0. The summed E-state index contributed by atoms with van der Waals surface area (Å²) in [5.41, 5.74) is 0.196. The molecule has 2 amide bonds. The van der Waals surface area contributed by atoms with Crippen LogP contribution in [-0.2, 0) is 0 Å². The highest BCUT2D eigenvalue weighted by atomic mass is 16.6. The fourth-order valence-corrected chi connectivity index (χ4v) is 2.76. The molecule has 1 aromatic rings. The van der Waals surface area contributed by atoms with Gasteiger partial charge in [-0.25, -0.2) is 4.79 Å². The zero-order chi connectivity index (χ0) is 15.0. The summed E-state index contributed by atoms with van der Waals surface area (Å²) in [6.45, 7) is 2.08. The van der Waals surface area contributed by atoms with Gasteiger partial charge in [0.2, 0.25) is 0 Å². The molecule has 2 aliphatic rings. The molecular weight excluding hydrogens is 270 g/mol. The van der Waals surface area contributed by atoms with Crippen molar-refractivity contribution < 1.29 is 9.72 Å². The molecule has 0 heterocycles. The standard InChI is InChI=1S/C15H19N3O3/c1-10(11-6-7-11)17(12-8-9-12)15(19)16-13-4-2-3-5-14(13)18(20)21/h2-5,10-12H,6-9H2,1H3,(H,16,19). The highest BCUT2D eigenvalue weighted by Crippen LogP contribution is 2.40. The molecule has 1 atom stereocenters. The Balaban J connectivity index is 1.76. The highest BCUT2D eigenvalue weighted by Gasteiger charge is 2.42. The number of rotatable bonds is 5. The second-order valence-corrected chi connectivity index (χ2v) is 5.92. The number of benzene rings is 1. The van der Waals surface area contributed by atoms with Gasteiger partial charge in [0.1, 0.15) is 5.69 Å². The predicted octanol–water partition coefficient (Wildman–Crippen LogP) is 3.39. The number of urea groups is 1. The van der Waals surface area contributed by atoms with E-state index in [-0.39, 0.29) is 23.4 Å². The number of carbonyl (C=O) groups is 1. The van der Waals surface area contributed by atoms with Gasteiger partial charge in [-0.15, -0.1) is 0 Å². The van der Waals surface area contributed by atoms with Crippen molar-refractivity contribution in [1.29, 1.82) is 0 Å². The van der Waals surface area contributed by atoms with Crippen molar-refractivity contribution in [3.05, 3.63) is 34.4 Å². The Labute approximate surface area is 123 Å². The van der Waals surface area contributed by atoms with E-state index in [1.807, 2.05) is 4.90 Å². The van der Waals surface area contributed by atoms with Crippen molar-refractivity contribution in [2.75, 3.05) is 5.32 Å². The van der Waals surface area contributed by atoms with E-state index in [0.717, 1.165) is 12.8 Å². The molecule has 6 nitrogen and oxygen atoms in total. The molecule has 112 valence electrons. The number of anilines is 1. The van der Waals surface area contributed by atoms with E-state index < -0.39 is 4.92 Å². The third-order valence-corrected chi connectivity index (χ3v) is 4.26. The van der Waals surface area contributed by atoms with Crippen LogP contribution in [0.1, 0.15) is 32.6 Å². The number of nitro benzene ring substituents is 1. The second-order valence-electron chi connectivity index (χ2n) is 5.92. The maximum absolute atomic E-state index is 12.5. The molecule has 3 rings (SSSR count). The molecule has 0 aliphatic heterocycles. The molecule has 21 heavy (non-hydrogen) atoms. The average molecular weight is 289 g/mol. The van der Waals surface area contributed by atoms with E-state index in [4.69, 9.17) is 0 Å². The Kier molecular flexibility index (Phi) is 3.53. The highest BCUT2D eigenvalue weighted by molar-refractivity contribution is 5.92. The van der Waals surface area contributed by atoms with Crippen molar-refractivity contribution >= 4 is 17.4 Å². The predicted molar refractivity (Wildman–Crippen MR) is 79.2 cm³/mol. The van der Waals surface area contributed by atoms with Crippen LogP contribution < -0.4 is 5.32 Å². The number of nitrogens with zero attached hydrogens (tertiary/aromatic N) is 2. The lowest BCUT2D eigenvalue weighted by atomic mass is 10.2. The fourth-order valence-electron chi connectivity index (χ4n) is 2.76. The monoisotopic (exact) mass is 289 g/mol. The number of amides is 2. The normalized spacial score (nSPS) is 18.9. The molecule has 2 fully saturated rings.